The molecule has 38 heavy (non-hydrogen) atoms. The van der Waals surface area contributed by atoms with Gasteiger partial charge in [0.2, 0.25) is 0 Å². The highest BCUT2D eigenvalue weighted by Gasteiger charge is 2.29. The topological polar surface area (TPSA) is 150 Å². The number of anilines is 3. The maximum Gasteiger partial charge on any atom is 0.270 e. The third kappa shape index (κ3) is 4.82. The molecule has 12 nitrogen and oxygen atoms in total. The van der Waals surface area contributed by atoms with Crippen LogP contribution in [-0.2, 0) is 14.8 Å². The van der Waals surface area contributed by atoms with Gasteiger partial charge < -0.3 is 28.8 Å². The summed E-state index contributed by atoms with van der Waals surface area (Å²) in [5.41, 5.74) is 2.70. The Labute approximate surface area is 219 Å². The van der Waals surface area contributed by atoms with Crippen LogP contribution >= 0.6 is 0 Å². The molecule has 1 aliphatic rings. The Bertz CT molecular complexity index is 1550. The zero-order valence-corrected chi connectivity index (χ0v) is 22.4. The Morgan fingerprint density at radius 2 is 1.68 bits per heavy atom. The van der Waals surface area contributed by atoms with Gasteiger partial charge >= 0.3 is 0 Å². The number of benzene rings is 2. The van der Waals surface area contributed by atoms with Gasteiger partial charge in [0, 0.05) is 30.9 Å². The molecule has 202 valence electrons. The molecule has 2 heterocycles. The van der Waals surface area contributed by atoms with E-state index in [0.29, 0.717) is 39.7 Å². The normalized spacial score (nSPS) is 14.3. The summed E-state index contributed by atoms with van der Waals surface area (Å²) in [7, 11) is 1.62. The van der Waals surface area contributed by atoms with Gasteiger partial charge in [-0.25, -0.2) is 8.42 Å². The number of fused-ring (bicyclic) bond motifs is 1. The molecule has 5 rings (SSSR count). The summed E-state index contributed by atoms with van der Waals surface area (Å²) in [6.45, 7) is 1.83. The lowest BCUT2D eigenvalue weighted by Crippen LogP contribution is -2.16. The Hall–Kier alpha value is -3.97. The number of nitrogens with one attached hydrogen (secondary N) is 3. The lowest BCUT2D eigenvalue weighted by atomic mass is 10.1. The number of hydrogen-bond acceptors (Lipinski definition) is 10. The van der Waals surface area contributed by atoms with Crippen molar-refractivity contribution in [2.75, 3.05) is 38.5 Å². The number of sulfonamides is 1. The molecule has 3 N–H and O–H groups in total. The first-order chi connectivity index (χ1) is 18.3. The molecule has 0 aliphatic heterocycles. The summed E-state index contributed by atoms with van der Waals surface area (Å²) in [6, 6.07) is 8.46. The summed E-state index contributed by atoms with van der Waals surface area (Å²) < 4.78 is 56.8. The lowest BCUT2D eigenvalue weighted by molar-refractivity contribution is 0.119. The van der Waals surface area contributed by atoms with Crippen LogP contribution in [0.15, 0.2) is 39.8 Å². The summed E-state index contributed by atoms with van der Waals surface area (Å²) >= 11 is 0. The first-order valence-electron chi connectivity index (χ1n) is 11.9. The van der Waals surface area contributed by atoms with Crippen LogP contribution in [0.25, 0.3) is 11.0 Å². The van der Waals surface area contributed by atoms with Gasteiger partial charge in [0.15, 0.2) is 22.1 Å². The van der Waals surface area contributed by atoms with E-state index < -0.39 is 10.0 Å². The molecule has 0 bridgehead atoms. The van der Waals surface area contributed by atoms with Gasteiger partial charge in [-0.3, -0.25) is 9.82 Å². The standard InChI is InChI=1S/C25H29N5O7S/c1-13(33-2)15-8-21(35-4)24(22(9-15)36-5)38(31,32)30-25-16-10-20(34-3)18(11-19(16)37-29-25)26-23-12-17(27-28-23)14-6-7-14/h8-14H,6-7H2,1-5H3,(H,29,30)(H2,26,27,28)/t13-/m1/s1. The summed E-state index contributed by atoms with van der Waals surface area (Å²) in [4.78, 5) is -0.180. The van der Waals surface area contributed by atoms with Gasteiger partial charge in [0.25, 0.3) is 10.0 Å². The monoisotopic (exact) mass is 543 g/mol. The minimum Gasteiger partial charge on any atom is -0.495 e. The average Bonchev–Trinajstić information content (AvgIpc) is 3.56. The zero-order valence-electron chi connectivity index (χ0n) is 21.6. The molecule has 1 atom stereocenters. The third-order valence-corrected chi connectivity index (χ3v) is 7.88. The number of aromatic nitrogens is 3. The molecule has 2 aromatic carbocycles. The van der Waals surface area contributed by atoms with Gasteiger partial charge in [-0.05, 0) is 43.5 Å². The van der Waals surface area contributed by atoms with E-state index in [2.05, 4.69) is 25.4 Å². The molecule has 0 saturated heterocycles. The van der Waals surface area contributed by atoms with Crippen molar-refractivity contribution in [1.82, 2.24) is 15.4 Å². The highest BCUT2D eigenvalue weighted by molar-refractivity contribution is 7.93. The molecule has 0 radical (unpaired) electrons. The van der Waals surface area contributed by atoms with Crippen LogP contribution in [0.5, 0.6) is 17.2 Å². The SMILES string of the molecule is COc1cc2c(NS(=O)(=O)c3c(OC)cc([C@@H](C)OC)cc3OC)noc2cc1Nc1cc(C2CC2)[nH]n1. The molecule has 4 aromatic rings. The van der Waals surface area contributed by atoms with Gasteiger partial charge in [-0.15, -0.1) is 0 Å². The summed E-state index contributed by atoms with van der Waals surface area (Å²) in [6.07, 6.45) is 2.00. The fourth-order valence-electron chi connectivity index (χ4n) is 4.16. The van der Waals surface area contributed by atoms with Crippen LogP contribution in [0.1, 0.15) is 43.0 Å². The number of rotatable bonds is 11. The molecule has 2 aromatic heterocycles. The molecule has 1 saturated carbocycles. The van der Waals surface area contributed by atoms with E-state index in [9.17, 15) is 8.42 Å². The van der Waals surface area contributed by atoms with Crippen molar-refractivity contribution in [2.24, 2.45) is 0 Å². The van der Waals surface area contributed by atoms with Crippen molar-refractivity contribution >= 4 is 38.3 Å². The van der Waals surface area contributed by atoms with Gasteiger partial charge in [0.1, 0.15) is 17.2 Å². The van der Waals surface area contributed by atoms with E-state index in [4.69, 9.17) is 23.5 Å². The van der Waals surface area contributed by atoms with Crippen LogP contribution in [0.2, 0.25) is 0 Å². The van der Waals surface area contributed by atoms with Gasteiger partial charge in [0.05, 0.1) is 38.5 Å². The van der Waals surface area contributed by atoms with Gasteiger partial charge in [-0.1, -0.05) is 5.16 Å². The smallest absolute Gasteiger partial charge is 0.270 e. The van der Waals surface area contributed by atoms with Crippen LogP contribution in [-0.4, -0.2) is 52.2 Å². The van der Waals surface area contributed by atoms with Crippen molar-refractivity contribution < 1.29 is 31.9 Å². The molecule has 0 unspecified atom stereocenters. The van der Waals surface area contributed by atoms with E-state index in [1.54, 1.807) is 31.4 Å². The minimum absolute atomic E-state index is 0.0147. The number of nitrogens with zero attached hydrogens (tertiary/aromatic N) is 2. The molecule has 1 fully saturated rings. The second-order valence-corrected chi connectivity index (χ2v) is 10.5. The highest BCUT2D eigenvalue weighted by Crippen LogP contribution is 2.42. The second-order valence-electron chi connectivity index (χ2n) is 8.93. The maximum atomic E-state index is 13.5. The van der Waals surface area contributed by atoms with E-state index in [1.165, 1.54) is 21.3 Å². The second kappa shape index (κ2) is 10.1. The first kappa shape index (κ1) is 25.7. The van der Waals surface area contributed by atoms with Crippen molar-refractivity contribution in [3.63, 3.8) is 0 Å². The zero-order chi connectivity index (χ0) is 27.0. The first-order valence-corrected chi connectivity index (χ1v) is 13.4. The summed E-state index contributed by atoms with van der Waals surface area (Å²) in [5, 5.41) is 14.9. The number of hydrogen-bond donors (Lipinski definition) is 3. The van der Waals surface area contributed by atoms with Crippen molar-refractivity contribution in [2.45, 2.75) is 36.7 Å². The molecule has 0 spiro atoms. The van der Waals surface area contributed by atoms with Crippen molar-refractivity contribution in [3.8, 4) is 17.2 Å². The Balaban J connectivity index is 1.48. The number of ether oxygens (including phenoxy) is 4. The number of H-pyrrole nitrogens is 1. The average molecular weight is 544 g/mol. The maximum absolute atomic E-state index is 13.5. The van der Waals surface area contributed by atoms with Crippen molar-refractivity contribution in [1.29, 1.82) is 0 Å². The van der Waals surface area contributed by atoms with Gasteiger partial charge in [-0.2, -0.15) is 5.10 Å². The Kier molecular flexibility index (Phi) is 6.80. The molecular weight excluding hydrogens is 514 g/mol. The highest BCUT2D eigenvalue weighted by atomic mass is 32.2. The van der Waals surface area contributed by atoms with E-state index in [0.717, 1.165) is 18.5 Å². The fraction of sp³-hybridized carbons (Fsp3) is 0.360. The Morgan fingerprint density at radius 3 is 2.29 bits per heavy atom. The third-order valence-electron chi connectivity index (χ3n) is 6.48. The van der Waals surface area contributed by atoms with E-state index in [-0.39, 0.29) is 28.3 Å². The van der Waals surface area contributed by atoms with Crippen LogP contribution in [0.3, 0.4) is 0 Å². The van der Waals surface area contributed by atoms with Crippen LogP contribution < -0.4 is 24.2 Å². The minimum atomic E-state index is -4.22. The number of methoxy groups -OCH3 is 4. The predicted molar refractivity (Wildman–Crippen MR) is 140 cm³/mol. The number of aromatic amines is 1. The van der Waals surface area contributed by atoms with Crippen LogP contribution in [0.4, 0.5) is 17.3 Å². The lowest BCUT2D eigenvalue weighted by Gasteiger charge is -2.18. The molecular formula is C25H29N5O7S. The predicted octanol–water partition coefficient (Wildman–Crippen LogP) is 4.71. The summed E-state index contributed by atoms with van der Waals surface area (Å²) in [5.74, 6) is 1.79. The molecule has 0 amide bonds. The van der Waals surface area contributed by atoms with Crippen LogP contribution in [0, 0.1) is 0 Å². The van der Waals surface area contributed by atoms with E-state index >= 15 is 0 Å². The Morgan fingerprint density at radius 1 is 1.00 bits per heavy atom. The van der Waals surface area contributed by atoms with Crippen molar-refractivity contribution in [3.05, 3.63) is 41.6 Å². The fourth-order valence-corrected chi connectivity index (χ4v) is 5.48. The van der Waals surface area contributed by atoms with E-state index in [1.807, 2.05) is 13.0 Å². The molecule has 1 aliphatic carbocycles. The quantitative estimate of drug-likeness (QED) is 0.243. The molecule has 13 heteroatoms. The largest absolute Gasteiger partial charge is 0.495 e.